The summed E-state index contributed by atoms with van der Waals surface area (Å²) in [6.07, 6.45) is 0.671. The predicted octanol–water partition coefficient (Wildman–Crippen LogP) is 1.12. The number of amidine groups is 1. The molecule has 0 aromatic rings. The molecule has 0 radical (unpaired) electrons. The third-order valence-electron chi connectivity index (χ3n) is 4.24. The number of hydrogen-bond acceptors (Lipinski definition) is 4. The van der Waals surface area contributed by atoms with E-state index in [1.807, 2.05) is 0 Å². The van der Waals surface area contributed by atoms with Crippen LogP contribution in [0.2, 0.25) is 18.1 Å². The van der Waals surface area contributed by atoms with E-state index in [1.165, 1.54) is 18.4 Å². The number of rotatable bonds is 4. The third-order valence-corrected chi connectivity index (χ3v) is 11.5. The van der Waals surface area contributed by atoms with Crippen LogP contribution in [-0.4, -0.2) is 63.5 Å². The van der Waals surface area contributed by atoms with Gasteiger partial charge in [0, 0.05) is 14.1 Å². The van der Waals surface area contributed by atoms with E-state index in [9.17, 15) is 13.2 Å². The highest BCUT2D eigenvalue weighted by molar-refractivity contribution is 7.87. The maximum absolute atomic E-state index is 12.5. The lowest BCUT2D eigenvalue weighted by Crippen LogP contribution is -2.58. The number of nitrogens with zero attached hydrogens (tertiary/aromatic N) is 3. The molecule has 0 fully saturated rings. The van der Waals surface area contributed by atoms with Gasteiger partial charge in [-0.15, -0.1) is 0 Å². The van der Waals surface area contributed by atoms with Crippen molar-refractivity contribution < 1.29 is 13.2 Å². The molecule has 1 unspecified atom stereocenters. The van der Waals surface area contributed by atoms with Crippen LogP contribution >= 0.6 is 0 Å². The summed E-state index contributed by atoms with van der Waals surface area (Å²) in [7, 11) is -2.89. The second-order valence-corrected chi connectivity index (χ2v) is 14.0. The summed E-state index contributed by atoms with van der Waals surface area (Å²) in [5.74, 6) is 0. The Morgan fingerprint density at radius 2 is 1.85 bits per heavy atom. The zero-order chi connectivity index (χ0) is 15.9. The van der Waals surface area contributed by atoms with E-state index >= 15 is 0 Å². The molecule has 0 amide bonds. The molecule has 0 saturated heterocycles. The van der Waals surface area contributed by atoms with Gasteiger partial charge >= 0.3 is 10.2 Å². The average Bonchev–Trinajstić information content (AvgIpc) is 2.71. The van der Waals surface area contributed by atoms with Gasteiger partial charge in [-0.1, -0.05) is 33.9 Å². The first kappa shape index (κ1) is 17.3. The highest BCUT2D eigenvalue weighted by Crippen LogP contribution is 2.39. The van der Waals surface area contributed by atoms with Crippen LogP contribution < -0.4 is 0 Å². The molecule has 8 heteroatoms. The predicted molar refractivity (Wildman–Crippen MR) is 83.8 cm³/mol. The van der Waals surface area contributed by atoms with Gasteiger partial charge in [-0.2, -0.15) is 12.7 Å². The zero-order valence-corrected chi connectivity index (χ0v) is 15.2. The normalized spacial score (nSPS) is 21.3. The molecule has 1 aliphatic rings. The second-order valence-electron chi connectivity index (χ2n) is 6.83. The largest absolute Gasteiger partial charge is 0.304 e. The molecule has 6 nitrogen and oxygen atoms in total. The number of carbonyl (C=O) groups excluding carboxylic acids is 1. The molecule has 1 aliphatic heterocycles. The summed E-state index contributed by atoms with van der Waals surface area (Å²) in [6, 6.07) is -0.716. The Kier molecular flexibility index (Phi) is 4.53. The van der Waals surface area contributed by atoms with E-state index in [-0.39, 0.29) is 11.6 Å². The number of aliphatic imine (C=N–C) groups is 1. The monoisotopic (exact) mass is 319 g/mol. The Hall–Kier alpha value is -0.733. The molecular weight excluding hydrogens is 294 g/mol. The summed E-state index contributed by atoms with van der Waals surface area (Å²) in [4.78, 5) is 15.6. The first-order valence-electron chi connectivity index (χ1n) is 6.59. The number of hydrogen-bond donors (Lipinski definition) is 0. The van der Waals surface area contributed by atoms with Crippen molar-refractivity contribution in [1.82, 2.24) is 8.61 Å². The molecule has 0 aromatic carbocycles. The fourth-order valence-corrected chi connectivity index (χ4v) is 5.84. The summed E-state index contributed by atoms with van der Waals surface area (Å²) >= 11 is 0. The fraction of sp³-hybridized carbons (Fsp3) is 0.833. The summed E-state index contributed by atoms with van der Waals surface area (Å²) < 4.78 is 27.4. The first-order valence-corrected chi connectivity index (χ1v) is 11.0. The van der Waals surface area contributed by atoms with Crippen LogP contribution in [0.15, 0.2) is 4.99 Å². The molecule has 0 spiro atoms. The van der Waals surface area contributed by atoms with Gasteiger partial charge in [-0.3, -0.25) is 4.99 Å². The summed E-state index contributed by atoms with van der Waals surface area (Å²) in [6.45, 7) is 10.7. The molecule has 1 heterocycles. The smallest absolute Gasteiger partial charge is 0.301 e. The first-order chi connectivity index (χ1) is 8.87. The Morgan fingerprint density at radius 1 is 1.35 bits per heavy atom. The minimum absolute atomic E-state index is 0.0519. The molecule has 0 aliphatic carbocycles. The quantitative estimate of drug-likeness (QED) is 0.576. The molecular formula is C12H25N3O3SSi. The van der Waals surface area contributed by atoms with Crippen molar-refractivity contribution in [3.63, 3.8) is 0 Å². The van der Waals surface area contributed by atoms with Crippen LogP contribution in [0.4, 0.5) is 0 Å². The number of aldehydes is 1. The minimum atomic E-state index is -3.69. The van der Waals surface area contributed by atoms with E-state index in [4.69, 9.17) is 0 Å². The van der Waals surface area contributed by atoms with Gasteiger partial charge in [0.2, 0.25) is 0 Å². The average molecular weight is 320 g/mol. The molecule has 1 atom stereocenters. The molecule has 0 saturated carbocycles. The van der Waals surface area contributed by atoms with E-state index in [0.717, 1.165) is 4.31 Å². The Balaban J connectivity index is 3.38. The maximum Gasteiger partial charge on any atom is 0.304 e. The molecule has 20 heavy (non-hydrogen) atoms. The van der Waals surface area contributed by atoms with Crippen LogP contribution in [-0.2, 0) is 15.0 Å². The van der Waals surface area contributed by atoms with Gasteiger partial charge in [-0.25, -0.2) is 4.31 Å². The van der Waals surface area contributed by atoms with E-state index < -0.39 is 24.3 Å². The molecule has 0 aromatic heterocycles. The lowest BCUT2D eigenvalue weighted by atomic mass is 10.2. The van der Waals surface area contributed by atoms with Crippen LogP contribution in [0.3, 0.4) is 0 Å². The molecule has 116 valence electrons. The summed E-state index contributed by atoms with van der Waals surface area (Å²) in [5, 5.41) is -0.0519. The second kappa shape index (κ2) is 5.23. The molecule has 1 rings (SSSR count). The lowest BCUT2D eigenvalue weighted by Gasteiger charge is -2.41. The lowest BCUT2D eigenvalue weighted by molar-refractivity contribution is -0.109. The zero-order valence-electron chi connectivity index (χ0n) is 13.3. The van der Waals surface area contributed by atoms with Crippen molar-refractivity contribution in [2.24, 2.45) is 4.99 Å². The minimum Gasteiger partial charge on any atom is -0.301 e. The van der Waals surface area contributed by atoms with Crippen LogP contribution in [0.5, 0.6) is 0 Å². The number of carbonyl (C=O) groups is 1. The van der Waals surface area contributed by atoms with Crippen molar-refractivity contribution in [2.45, 2.75) is 44.9 Å². The van der Waals surface area contributed by atoms with Gasteiger partial charge in [0.05, 0.1) is 12.0 Å². The van der Waals surface area contributed by atoms with Crippen LogP contribution in [0.25, 0.3) is 0 Å². The van der Waals surface area contributed by atoms with Gasteiger partial charge in [-0.05, 0) is 5.04 Å². The van der Waals surface area contributed by atoms with Crippen molar-refractivity contribution in [3.8, 4) is 0 Å². The van der Waals surface area contributed by atoms with Crippen molar-refractivity contribution >= 4 is 30.0 Å². The van der Waals surface area contributed by atoms with Gasteiger partial charge in [0.1, 0.15) is 20.4 Å². The van der Waals surface area contributed by atoms with Crippen LogP contribution in [0, 0.1) is 0 Å². The standard InChI is InChI=1S/C12H25N3O3SSi/c1-12(2,3)20(6,7)11-13-8-10(9-16)15(11)19(17,18)14(4)5/h9-10H,8H2,1-7H3. The maximum atomic E-state index is 12.5. The highest BCUT2D eigenvalue weighted by atomic mass is 32.2. The summed E-state index contributed by atoms with van der Waals surface area (Å²) in [5.41, 5.74) is 0.593. The van der Waals surface area contributed by atoms with Crippen molar-refractivity contribution in [3.05, 3.63) is 0 Å². The van der Waals surface area contributed by atoms with Gasteiger partial charge in [0.25, 0.3) is 0 Å². The van der Waals surface area contributed by atoms with Crippen molar-refractivity contribution in [1.29, 1.82) is 0 Å². The Labute approximate surface area is 123 Å². The molecule has 0 bridgehead atoms. The van der Waals surface area contributed by atoms with Crippen LogP contribution in [0.1, 0.15) is 20.8 Å². The highest BCUT2D eigenvalue weighted by Gasteiger charge is 2.50. The Morgan fingerprint density at radius 3 is 2.20 bits per heavy atom. The molecule has 0 N–H and O–H groups in total. The third kappa shape index (κ3) is 2.68. The van der Waals surface area contributed by atoms with Gasteiger partial charge < -0.3 is 4.79 Å². The van der Waals surface area contributed by atoms with E-state index in [0.29, 0.717) is 11.7 Å². The van der Waals surface area contributed by atoms with Gasteiger partial charge in [0.15, 0.2) is 0 Å². The van der Waals surface area contributed by atoms with E-state index in [1.54, 1.807) is 0 Å². The Bertz CT molecular complexity index is 521. The van der Waals surface area contributed by atoms with E-state index in [2.05, 4.69) is 38.9 Å². The topological polar surface area (TPSA) is 70.1 Å². The fourth-order valence-electron chi connectivity index (χ4n) is 1.84. The van der Waals surface area contributed by atoms with Crippen molar-refractivity contribution in [2.75, 3.05) is 20.6 Å². The SMILES string of the molecule is CN(C)S(=O)(=O)N1C([Si](C)(C)C(C)(C)C)=NCC1C=O.